The van der Waals surface area contributed by atoms with Gasteiger partial charge in [-0.3, -0.25) is 14.7 Å². The molecule has 3 rings (SSSR count). The van der Waals surface area contributed by atoms with Gasteiger partial charge in [0, 0.05) is 11.1 Å². The highest BCUT2D eigenvalue weighted by molar-refractivity contribution is 5.95. The van der Waals surface area contributed by atoms with Crippen LogP contribution in [-0.2, 0) is 4.79 Å². The predicted octanol–water partition coefficient (Wildman–Crippen LogP) is 3.25. The minimum absolute atomic E-state index is 0.0703. The molecule has 1 aromatic carbocycles. The standard InChI is InChI=1S/C22H22F3N5O5/c1-10(2)17(21(33)34)28-19(32)16-9-26-20(35-16)13-6-4-5-12(7-13)14-8-15(30-29-14)18(31)27-11(3)22(23,24)25/h4-11,17H,1-3H3,(H,27,31)(H,28,32)(H,29,30)(H,33,34). The number of aromatic amines is 1. The number of benzene rings is 1. The number of aromatic nitrogens is 3. The molecule has 186 valence electrons. The Morgan fingerprint density at radius 1 is 1.06 bits per heavy atom. The number of oxazole rings is 1. The van der Waals surface area contributed by atoms with Gasteiger partial charge in [0.25, 0.3) is 11.8 Å². The molecule has 3 aromatic rings. The third kappa shape index (κ3) is 6.05. The Morgan fingerprint density at radius 3 is 2.37 bits per heavy atom. The molecule has 0 saturated heterocycles. The van der Waals surface area contributed by atoms with Crippen molar-refractivity contribution in [2.45, 2.75) is 39.0 Å². The fourth-order valence-electron chi connectivity index (χ4n) is 2.99. The topological polar surface area (TPSA) is 150 Å². The molecule has 35 heavy (non-hydrogen) atoms. The van der Waals surface area contributed by atoms with E-state index in [2.05, 4.69) is 20.5 Å². The average molecular weight is 493 g/mol. The molecule has 0 aliphatic rings. The zero-order valence-corrected chi connectivity index (χ0v) is 18.8. The molecule has 0 aliphatic heterocycles. The van der Waals surface area contributed by atoms with Crippen LogP contribution in [0.15, 0.2) is 40.9 Å². The van der Waals surface area contributed by atoms with E-state index >= 15 is 0 Å². The zero-order valence-electron chi connectivity index (χ0n) is 18.8. The van der Waals surface area contributed by atoms with Crippen molar-refractivity contribution in [1.29, 1.82) is 0 Å². The Bertz CT molecular complexity index is 1230. The lowest BCUT2D eigenvalue weighted by Gasteiger charge is -2.16. The zero-order chi connectivity index (χ0) is 25.9. The van der Waals surface area contributed by atoms with Crippen LogP contribution in [0.3, 0.4) is 0 Å². The number of carbonyl (C=O) groups is 3. The van der Waals surface area contributed by atoms with Gasteiger partial charge >= 0.3 is 12.1 Å². The molecule has 0 saturated carbocycles. The van der Waals surface area contributed by atoms with Crippen molar-refractivity contribution < 1.29 is 37.1 Å². The summed E-state index contributed by atoms with van der Waals surface area (Å²) in [7, 11) is 0. The number of carboxylic acids is 1. The minimum atomic E-state index is -4.58. The van der Waals surface area contributed by atoms with Gasteiger partial charge in [0.15, 0.2) is 0 Å². The number of hydrogen-bond donors (Lipinski definition) is 4. The van der Waals surface area contributed by atoms with Crippen molar-refractivity contribution in [2.75, 3.05) is 0 Å². The van der Waals surface area contributed by atoms with Gasteiger partial charge in [0.2, 0.25) is 11.7 Å². The van der Waals surface area contributed by atoms with Crippen molar-refractivity contribution in [3.8, 4) is 22.7 Å². The first kappa shape index (κ1) is 25.5. The smallest absolute Gasteiger partial charge is 0.408 e. The van der Waals surface area contributed by atoms with Crippen molar-refractivity contribution in [3.63, 3.8) is 0 Å². The molecule has 13 heteroatoms. The third-order valence-electron chi connectivity index (χ3n) is 5.02. The summed E-state index contributed by atoms with van der Waals surface area (Å²) in [5.41, 5.74) is 1.06. The number of amides is 2. The van der Waals surface area contributed by atoms with Crippen LogP contribution in [0, 0.1) is 5.92 Å². The Balaban J connectivity index is 1.76. The summed E-state index contributed by atoms with van der Waals surface area (Å²) in [6, 6.07) is 4.67. The van der Waals surface area contributed by atoms with Crippen LogP contribution >= 0.6 is 0 Å². The maximum atomic E-state index is 12.7. The largest absolute Gasteiger partial charge is 0.480 e. The SMILES string of the molecule is CC(C)C(NC(=O)c1cnc(-c2cccc(-c3cc(C(=O)NC(C)C(F)(F)F)[nH]n3)c2)o1)C(=O)O. The Labute approximate surface area is 196 Å². The molecule has 4 N–H and O–H groups in total. The van der Waals surface area contributed by atoms with Crippen molar-refractivity contribution in [2.24, 2.45) is 5.92 Å². The van der Waals surface area contributed by atoms with E-state index in [1.165, 1.54) is 6.07 Å². The van der Waals surface area contributed by atoms with Crippen LogP contribution in [0.4, 0.5) is 13.2 Å². The van der Waals surface area contributed by atoms with E-state index in [0.29, 0.717) is 11.1 Å². The van der Waals surface area contributed by atoms with Crippen LogP contribution in [0.2, 0.25) is 0 Å². The number of alkyl halides is 3. The van der Waals surface area contributed by atoms with Crippen molar-refractivity contribution in [1.82, 2.24) is 25.8 Å². The number of H-pyrrole nitrogens is 1. The normalized spacial score (nSPS) is 13.3. The number of rotatable bonds is 8. The highest BCUT2D eigenvalue weighted by atomic mass is 19.4. The van der Waals surface area contributed by atoms with Crippen molar-refractivity contribution in [3.05, 3.63) is 48.0 Å². The maximum absolute atomic E-state index is 12.7. The highest BCUT2D eigenvalue weighted by Crippen LogP contribution is 2.26. The molecule has 2 unspecified atom stereocenters. The lowest BCUT2D eigenvalue weighted by Crippen LogP contribution is -2.44. The molecule has 2 amide bonds. The van der Waals surface area contributed by atoms with Crippen LogP contribution in [-0.4, -0.2) is 56.3 Å². The van der Waals surface area contributed by atoms with Crippen LogP contribution in [0.25, 0.3) is 22.7 Å². The fraction of sp³-hybridized carbons (Fsp3) is 0.318. The van der Waals surface area contributed by atoms with Gasteiger partial charge in [-0.15, -0.1) is 0 Å². The van der Waals surface area contributed by atoms with Gasteiger partial charge < -0.3 is 20.2 Å². The van der Waals surface area contributed by atoms with Gasteiger partial charge in [-0.2, -0.15) is 18.3 Å². The summed E-state index contributed by atoms with van der Waals surface area (Å²) < 4.78 is 43.5. The first-order valence-corrected chi connectivity index (χ1v) is 10.4. The molecule has 10 nitrogen and oxygen atoms in total. The first-order chi connectivity index (χ1) is 16.4. The molecular formula is C22H22F3N5O5. The predicted molar refractivity (Wildman–Crippen MR) is 116 cm³/mol. The lowest BCUT2D eigenvalue weighted by atomic mass is 10.0. The van der Waals surface area contributed by atoms with E-state index in [-0.39, 0.29) is 29.0 Å². The van der Waals surface area contributed by atoms with Crippen molar-refractivity contribution >= 4 is 17.8 Å². The Kier molecular flexibility index (Phi) is 7.27. The van der Waals surface area contributed by atoms with Crippen LogP contribution in [0.1, 0.15) is 41.8 Å². The van der Waals surface area contributed by atoms with Crippen LogP contribution in [0.5, 0.6) is 0 Å². The first-order valence-electron chi connectivity index (χ1n) is 10.4. The lowest BCUT2D eigenvalue weighted by molar-refractivity contribution is -0.149. The molecule has 2 atom stereocenters. The molecule has 0 fully saturated rings. The number of hydrogen-bond acceptors (Lipinski definition) is 6. The van der Waals surface area contributed by atoms with Gasteiger partial charge in [0.05, 0.1) is 11.9 Å². The van der Waals surface area contributed by atoms with E-state index in [9.17, 15) is 32.7 Å². The summed E-state index contributed by atoms with van der Waals surface area (Å²) >= 11 is 0. The quantitative estimate of drug-likeness (QED) is 0.376. The third-order valence-corrected chi connectivity index (χ3v) is 5.02. The molecule has 2 aromatic heterocycles. The van der Waals surface area contributed by atoms with E-state index in [1.54, 1.807) is 38.1 Å². The molecule has 0 aliphatic carbocycles. The molecule has 2 heterocycles. The van der Waals surface area contributed by atoms with E-state index in [4.69, 9.17) is 4.42 Å². The number of halogens is 3. The molecule has 0 radical (unpaired) electrons. The number of nitrogens with zero attached hydrogens (tertiary/aromatic N) is 2. The molecule has 0 spiro atoms. The Morgan fingerprint density at radius 2 is 1.74 bits per heavy atom. The summed E-state index contributed by atoms with van der Waals surface area (Å²) in [5.74, 6) is -3.35. The summed E-state index contributed by atoms with van der Waals surface area (Å²) in [6.45, 7) is 4.13. The minimum Gasteiger partial charge on any atom is -0.480 e. The van der Waals surface area contributed by atoms with E-state index in [1.807, 2.05) is 5.32 Å². The summed E-state index contributed by atoms with van der Waals surface area (Å²) in [5, 5.41) is 19.8. The fourth-order valence-corrected chi connectivity index (χ4v) is 2.99. The van der Waals surface area contributed by atoms with E-state index < -0.39 is 36.0 Å². The summed E-state index contributed by atoms with van der Waals surface area (Å²) in [4.78, 5) is 39.8. The second kappa shape index (κ2) is 9.99. The van der Waals surface area contributed by atoms with Gasteiger partial charge in [0.1, 0.15) is 17.8 Å². The van der Waals surface area contributed by atoms with Gasteiger partial charge in [-0.1, -0.05) is 26.0 Å². The Hall–Kier alpha value is -4.16. The maximum Gasteiger partial charge on any atom is 0.408 e. The average Bonchev–Trinajstić information content (AvgIpc) is 3.46. The number of nitrogens with one attached hydrogen (secondary N) is 3. The number of carboxylic acid groups (broad SMARTS) is 1. The molecule has 0 bridgehead atoms. The van der Waals surface area contributed by atoms with Gasteiger partial charge in [-0.05, 0) is 31.0 Å². The monoisotopic (exact) mass is 493 g/mol. The van der Waals surface area contributed by atoms with E-state index in [0.717, 1.165) is 13.1 Å². The highest BCUT2D eigenvalue weighted by Gasteiger charge is 2.37. The number of carbonyl (C=O) groups excluding carboxylic acids is 2. The molecular weight excluding hydrogens is 471 g/mol. The summed E-state index contributed by atoms with van der Waals surface area (Å²) in [6.07, 6.45) is -3.42. The van der Waals surface area contributed by atoms with Crippen LogP contribution < -0.4 is 10.6 Å². The second-order valence-electron chi connectivity index (χ2n) is 8.05. The second-order valence-corrected chi connectivity index (χ2v) is 8.05. The van der Waals surface area contributed by atoms with Gasteiger partial charge in [-0.25, -0.2) is 9.78 Å². The number of aliphatic carboxylic acids is 1.